The van der Waals surface area contributed by atoms with Crippen molar-refractivity contribution >= 4 is 5.97 Å². The molecular formula is C10H18O2. The molecule has 0 saturated heterocycles. The van der Waals surface area contributed by atoms with Crippen LogP contribution in [-0.2, 0) is 4.79 Å². The van der Waals surface area contributed by atoms with Crippen LogP contribution in [0.4, 0.5) is 0 Å². The van der Waals surface area contributed by atoms with Gasteiger partial charge in [0.1, 0.15) is 0 Å². The minimum absolute atomic E-state index is 0.0926. The van der Waals surface area contributed by atoms with Gasteiger partial charge < -0.3 is 5.11 Å². The van der Waals surface area contributed by atoms with Crippen LogP contribution < -0.4 is 0 Å². The molecule has 1 fully saturated rings. The molecule has 0 heterocycles. The predicted molar refractivity (Wildman–Crippen MR) is 47.9 cm³/mol. The molecule has 3 atom stereocenters. The van der Waals surface area contributed by atoms with E-state index in [-0.39, 0.29) is 5.92 Å². The van der Waals surface area contributed by atoms with Gasteiger partial charge in [-0.05, 0) is 30.6 Å². The summed E-state index contributed by atoms with van der Waals surface area (Å²) in [6.07, 6.45) is 2.18. The van der Waals surface area contributed by atoms with Crippen LogP contribution in [0.25, 0.3) is 0 Å². The number of rotatable bonds is 2. The van der Waals surface area contributed by atoms with Crippen molar-refractivity contribution in [2.24, 2.45) is 23.7 Å². The van der Waals surface area contributed by atoms with Crippen LogP contribution in [0.1, 0.15) is 33.6 Å². The lowest BCUT2D eigenvalue weighted by Gasteiger charge is -2.21. The average Bonchev–Trinajstić information content (AvgIpc) is 2.30. The van der Waals surface area contributed by atoms with E-state index in [9.17, 15) is 4.79 Å². The normalized spacial score (nSPS) is 35.8. The van der Waals surface area contributed by atoms with Crippen molar-refractivity contribution in [3.8, 4) is 0 Å². The van der Waals surface area contributed by atoms with E-state index in [1.54, 1.807) is 0 Å². The SMILES string of the molecule is CC1CC[C@@H](C(C)C)[C@@H]1C(=O)O. The van der Waals surface area contributed by atoms with Gasteiger partial charge in [-0.25, -0.2) is 0 Å². The lowest BCUT2D eigenvalue weighted by atomic mass is 9.83. The zero-order chi connectivity index (χ0) is 9.30. The fourth-order valence-electron chi connectivity index (χ4n) is 2.41. The highest BCUT2D eigenvalue weighted by Crippen LogP contribution is 2.40. The van der Waals surface area contributed by atoms with E-state index in [1.807, 2.05) is 0 Å². The summed E-state index contributed by atoms with van der Waals surface area (Å²) in [7, 11) is 0. The second kappa shape index (κ2) is 3.46. The second-order valence-electron chi connectivity index (χ2n) is 4.33. The number of carboxylic acids is 1. The monoisotopic (exact) mass is 170 g/mol. The van der Waals surface area contributed by atoms with Gasteiger partial charge in [0, 0.05) is 0 Å². The molecule has 1 saturated carbocycles. The third-order valence-electron chi connectivity index (χ3n) is 3.17. The largest absolute Gasteiger partial charge is 0.481 e. The molecule has 0 aromatic rings. The molecule has 12 heavy (non-hydrogen) atoms. The summed E-state index contributed by atoms with van der Waals surface area (Å²) in [5, 5.41) is 9.00. The Morgan fingerprint density at radius 2 is 2.00 bits per heavy atom. The molecule has 70 valence electrons. The maximum Gasteiger partial charge on any atom is 0.307 e. The Hall–Kier alpha value is -0.530. The molecule has 0 radical (unpaired) electrons. The van der Waals surface area contributed by atoms with E-state index in [0.717, 1.165) is 12.8 Å². The molecular weight excluding hydrogens is 152 g/mol. The van der Waals surface area contributed by atoms with E-state index in [0.29, 0.717) is 17.8 Å². The molecule has 1 rings (SSSR count). The maximum absolute atomic E-state index is 10.9. The lowest BCUT2D eigenvalue weighted by Crippen LogP contribution is -2.26. The zero-order valence-electron chi connectivity index (χ0n) is 8.08. The number of carboxylic acid groups (broad SMARTS) is 1. The highest BCUT2D eigenvalue weighted by Gasteiger charge is 2.39. The molecule has 1 N–H and O–H groups in total. The van der Waals surface area contributed by atoms with E-state index in [1.165, 1.54) is 0 Å². The molecule has 0 aliphatic heterocycles. The van der Waals surface area contributed by atoms with Crippen molar-refractivity contribution in [3.05, 3.63) is 0 Å². The van der Waals surface area contributed by atoms with Gasteiger partial charge in [0.15, 0.2) is 0 Å². The Balaban J connectivity index is 2.70. The number of carbonyl (C=O) groups is 1. The summed E-state index contributed by atoms with van der Waals surface area (Å²) in [5.74, 6) is 0.590. The van der Waals surface area contributed by atoms with Crippen molar-refractivity contribution in [2.75, 3.05) is 0 Å². The van der Waals surface area contributed by atoms with E-state index in [2.05, 4.69) is 20.8 Å². The minimum atomic E-state index is -0.598. The van der Waals surface area contributed by atoms with Gasteiger partial charge in [0.25, 0.3) is 0 Å². The van der Waals surface area contributed by atoms with Crippen molar-refractivity contribution in [1.29, 1.82) is 0 Å². The Bertz CT molecular complexity index is 175. The van der Waals surface area contributed by atoms with Gasteiger partial charge in [-0.15, -0.1) is 0 Å². The first-order valence-electron chi connectivity index (χ1n) is 4.76. The topological polar surface area (TPSA) is 37.3 Å². The Labute approximate surface area is 74.0 Å². The summed E-state index contributed by atoms with van der Waals surface area (Å²) in [5.41, 5.74) is 0. The highest BCUT2D eigenvalue weighted by molar-refractivity contribution is 5.71. The number of hydrogen-bond acceptors (Lipinski definition) is 1. The molecule has 0 bridgehead atoms. The van der Waals surface area contributed by atoms with Crippen LogP contribution in [0, 0.1) is 23.7 Å². The predicted octanol–water partition coefficient (Wildman–Crippen LogP) is 2.39. The first kappa shape index (κ1) is 9.56. The van der Waals surface area contributed by atoms with Gasteiger partial charge in [-0.2, -0.15) is 0 Å². The average molecular weight is 170 g/mol. The highest BCUT2D eigenvalue weighted by atomic mass is 16.4. The molecule has 0 amide bonds. The van der Waals surface area contributed by atoms with E-state index in [4.69, 9.17) is 5.11 Å². The Morgan fingerprint density at radius 1 is 1.42 bits per heavy atom. The van der Waals surface area contributed by atoms with Gasteiger partial charge in [0.05, 0.1) is 5.92 Å². The molecule has 0 aromatic carbocycles. The summed E-state index contributed by atoms with van der Waals surface area (Å²) in [4.78, 5) is 10.9. The third-order valence-corrected chi connectivity index (χ3v) is 3.17. The van der Waals surface area contributed by atoms with Gasteiger partial charge in [-0.3, -0.25) is 4.79 Å². The zero-order valence-corrected chi connectivity index (χ0v) is 8.08. The van der Waals surface area contributed by atoms with Crippen LogP contribution in [0.3, 0.4) is 0 Å². The first-order chi connectivity index (χ1) is 5.54. The van der Waals surface area contributed by atoms with Crippen molar-refractivity contribution in [1.82, 2.24) is 0 Å². The summed E-state index contributed by atoms with van der Waals surface area (Å²) in [6, 6.07) is 0. The van der Waals surface area contributed by atoms with Gasteiger partial charge in [0.2, 0.25) is 0 Å². The summed E-state index contributed by atoms with van der Waals surface area (Å²) < 4.78 is 0. The fraction of sp³-hybridized carbons (Fsp3) is 0.900. The van der Waals surface area contributed by atoms with Crippen molar-refractivity contribution in [2.45, 2.75) is 33.6 Å². The lowest BCUT2D eigenvalue weighted by molar-refractivity contribution is -0.144. The Morgan fingerprint density at radius 3 is 2.33 bits per heavy atom. The van der Waals surface area contributed by atoms with Crippen LogP contribution in [0.5, 0.6) is 0 Å². The Kier molecular flexibility index (Phi) is 2.76. The van der Waals surface area contributed by atoms with Crippen LogP contribution in [-0.4, -0.2) is 11.1 Å². The smallest absolute Gasteiger partial charge is 0.307 e. The summed E-state index contributed by atoms with van der Waals surface area (Å²) >= 11 is 0. The quantitative estimate of drug-likeness (QED) is 0.691. The molecule has 1 aliphatic rings. The van der Waals surface area contributed by atoms with Gasteiger partial charge in [-0.1, -0.05) is 20.8 Å². The van der Waals surface area contributed by atoms with E-state index < -0.39 is 5.97 Å². The molecule has 0 spiro atoms. The standard InChI is InChI=1S/C10H18O2/c1-6(2)8-5-4-7(3)9(8)10(11)12/h6-9H,4-5H2,1-3H3,(H,11,12)/t7?,8-,9+/m0/s1. The third kappa shape index (κ3) is 1.62. The van der Waals surface area contributed by atoms with Crippen LogP contribution in [0.15, 0.2) is 0 Å². The van der Waals surface area contributed by atoms with Crippen molar-refractivity contribution in [3.63, 3.8) is 0 Å². The summed E-state index contributed by atoms with van der Waals surface area (Å²) in [6.45, 7) is 6.30. The molecule has 0 aromatic heterocycles. The van der Waals surface area contributed by atoms with Crippen LogP contribution >= 0.6 is 0 Å². The number of aliphatic carboxylic acids is 1. The van der Waals surface area contributed by atoms with Crippen LogP contribution in [0.2, 0.25) is 0 Å². The maximum atomic E-state index is 10.9. The molecule has 2 heteroatoms. The fourth-order valence-corrected chi connectivity index (χ4v) is 2.41. The minimum Gasteiger partial charge on any atom is -0.481 e. The molecule has 1 unspecified atom stereocenters. The second-order valence-corrected chi connectivity index (χ2v) is 4.33. The van der Waals surface area contributed by atoms with Gasteiger partial charge >= 0.3 is 5.97 Å². The van der Waals surface area contributed by atoms with Crippen molar-refractivity contribution < 1.29 is 9.90 Å². The number of hydrogen-bond donors (Lipinski definition) is 1. The molecule has 1 aliphatic carbocycles. The first-order valence-corrected chi connectivity index (χ1v) is 4.76. The molecule has 2 nitrogen and oxygen atoms in total. The van der Waals surface area contributed by atoms with E-state index >= 15 is 0 Å².